The highest BCUT2D eigenvalue weighted by Crippen LogP contribution is 2.38. The summed E-state index contributed by atoms with van der Waals surface area (Å²) in [5.74, 6) is 0.578. The Hall–Kier alpha value is -2.89. The van der Waals surface area contributed by atoms with Crippen LogP contribution in [0.5, 0.6) is 0 Å². The lowest BCUT2D eigenvalue weighted by Crippen LogP contribution is -2.43. The molecule has 6 nitrogen and oxygen atoms in total. The van der Waals surface area contributed by atoms with Gasteiger partial charge in [0.25, 0.3) is 5.91 Å². The van der Waals surface area contributed by atoms with Gasteiger partial charge in [-0.15, -0.1) is 0 Å². The van der Waals surface area contributed by atoms with Gasteiger partial charge in [0.15, 0.2) is 0 Å². The number of carbonyl (C=O) groups excluding carboxylic acids is 2. The van der Waals surface area contributed by atoms with Crippen molar-refractivity contribution in [2.75, 3.05) is 11.4 Å². The fraction of sp³-hybridized carbons (Fsp3) is 0.480. The summed E-state index contributed by atoms with van der Waals surface area (Å²) < 4.78 is 5.70. The molecule has 1 fully saturated rings. The summed E-state index contributed by atoms with van der Waals surface area (Å²) in [6.07, 6.45) is 3.78. The summed E-state index contributed by atoms with van der Waals surface area (Å²) in [6.45, 7) is 10.3. The van der Waals surface area contributed by atoms with Crippen LogP contribution in [0.1, 0.15) is 75.8 Å². The maximum atomic E-state index is 13.2. The zero-order valence-corrected chi connectivity index (χ0v) is 19.2. The van der Waals surface area contributed by atoms with Crippen LogP contribution in [0, 0.1) is 0 Å². The van der Waals surface area contributed by atoms with Crippen molar-refractivity contribution in [2.24, 2.45) is 0 Å². The van der Waals surface area contributed by atoms with Gasteiger partial charge in [-0.1, -0.05) is 31.2 Å². The first-order valence-electron chi connectivity index (χ1n) is 11.1. The van der Waals surface area contributed by atoms with Gasteiger partial charge in [0.1, 0.15) is 11.4 Å². The first-order chi connectivity index (χ1) is 14.7. The zero-order chi connectivity index (χ0) is 22.6. The number of rotatable bonds is 5. The molecule has 0 aliphatic carbocycles. The number of aromatic nitrogens is 1. The van der Waals surface area contributed by atoms with E-state index in [9.17, 15) is 9.59 Å². The van der Waals surface area contributed by atoms with Crippen LogP contribution in [0.15, 0.2) is 48.7 Å². The molecule has 0 saturated carbocycles. The minimum atomic E-state index is -0.611. The molecule has 0 unspecified atom stereocenters. The minimum Gasteiger partial charge on any atom is -0.443 e. The number of likely N-dealkylation sites (tertiary alicyclic amines) is 1. The highest BCUT2D eigenvalue weighted by molar-refractivity contribution is 5.95. The largest absolute Gasteiger partial charge is 0.443 e. The maximum absolute atomic E-state index is 13.2. The third-order valence-electron chi connectivity index (χ3n) is 5.56. The number of pyridine rings is 1. The molecule has 6 heteroatoms. The Labute approximate surface area is 185 Å². The van der Waals surface area contributed by atoms with Gasteiger partial charge in [-0.05, 0) is 65.2 Å². The Bertz CT molecular complexity index is 908. The van der Waals surface area contributed by atoms with E-state index in [4.69, 9.17) is 4.74 Å². The van der Waals surface area contributed by atoms with Crippen molar-refractivity contribution in [3.8, 4) is 0 Å². The van der Waals surface area contributed by atoms with Crippen molar-refractivity contribution in [1.29, 1.82) is 0 Å². The quantitative estimate of drug-likeness (QED) is 0.628. The minimum absolute atomic E-state index is 0.00487. The van der Waals surface area contributed by atoms with Crippen molar-refractivity contribution in [2.45, 2.75) is 71.6 Å². The van der Waals surface area contributed by atoms with E-state index >= 15 is 0 Å². The van der Waals surface area contributed by atoms with Crippen LogP contribution in [0.3, 0.4) is 0 Å². The Morgan fingerprint density at radius 3 is 2.55 bits per heavy atom. The molecule has 1 aliphatic heterocycles. The lowest BCUT2D eigenvalue weighted by atomic mass is 10.0. The summed E-state index contributed by atoms with van der Waals surface area (Å²) in [4.78, 5) is 34.5. The average Bonchev–Trinajstić information content (AvgIpc) is 3.22. The molecule has 2 amide bonds. The Balaban J connectivity index is 1.99. The third kappa shape index (κ3) is 5.24. The van der Waals surface area contributed by atoms with E-state index < -0.39 is 11.7 Å². The third-order valence-corrected chi connectivity index (χ3v) is 5.56. The summed E-state index contributed by atoms with van der Waals surface area (Å²) in [6, 6.07) is 13.0. The molecule has 0 spiro atoms. The van der Waals surface area contributed by atoms with Crippen molar-refractivity contribution in [1.82, 2.24) is 9.88 Å². The number of benzene rings is 1. The van der Waals surface area contributed by atoms with Crippen molar-refractivity contribution < 1.29 is 14.3 Å². The van der Waals surface area contributed by atoms with E-state index in [1.165, 1.54) is 0 Å². The number of nitrogens with zero attached hydrogens (tertiary/aromatic N) is 3. The normalized spacial score (nSPS) is 17.3. The molecule has 0 radical (unpaired) electrons. The van der Waals surface area contributed by atoms with Gasteiger partial charge in [0, 0.05) is 29.9 Å². The van der Waals surface area contributed by atoms with E-state index in [1.54, 1.807) is 11.1 Å². The molecule has 0 N–H and O–H groups in total. The van der Waals surface area contributed by atoms with Crippen LogP contribution in [-0.4, -0.2) is 40.1 Å². The van der Waals surface area contributed by atoms with Crippen LogP contribution in [0.2, 0.25) is 0 Å². The van der Waals surface area contributed by atoms with Gasteiger partial charge in [-0.2, -0.15) is 0 Å². The summed E-state index contributed by atoms with van der Waals surface area (Å²) in [5, 5.41) is 0. The van der Waals surface area contributed by atoms with E-state index in [0.29, 0.717) is 17.9 Å². The second-order valence-electron chi connectivity index (χ2n) is 9.05. The molecular formula is C25H33N3O3. The van der Waals surface area contributed by atoms with Crippen LogP contribution >= 0.6 is 0 Å². The SMILES string of the molecule is CC[C@H](C)N(C(=O)OC(C)(C)C)c1ncccc1[C@@H]1CCCN1C(=O)c1ccccc1. The van der Waals surface area contributed by atoms with Gasteiger partial charge >= 0.3 is 6.09 Å². The maximum Gasteiger partial charge on any atom is 0.416 e. The van der Waals surface area contributed by atoms with Gasteiger partial charge in [0.2, 0.25) is 0 Å². The monoisotopic (exact) mass is 423 g/mol. The lowest BCUT2D eigenvalue weighted by Gasteiger charge is -2.34. The number of amides is 2. The van der Waals surface area contributed by atoms with Crippen LogP contribution < -0.4 is 4.90 Å². The molecule has 31 heavy (non-hydrogen) atoms. The van der Waals surface area contributed by atoms with Gasteiger partial charge in [-0.3, -0.25) is 9.69 Å². The van der Waals surface area contributed by atoms with Crippen LogP contribution in [0.4, 0.5) is 10.6 Å². The summed E-state index contributed by atoms with van der Waals surface area (Å²) in [5.41, 5.74) is 0.946. The van der Waals surface area contributed by atoms with Gasteiger partial charge < -0.3 is 9.64 Å². The average molecular weight is 424 g/mol. The summed E-state index contributed by atoms with van der Waals surface area (Å²) in [7, 11) is 0. The molecule has 1 saturated heterocycles. The molecule has 2 heterocycles. The number of hydrogen-bond acceptors (Lipinski definition) is 4. The summed E-state index contributed by atoms with van der Waals surface area (Å²) >= 11 is 0. The van der Waals surface area contributed by atoms with E-state index in [-0.39, 0.29) is 18.0 Å². The molecule has 166 valence electrons. The fourth-order valence-corrected chi connectivity index (χ4v) is 3.92. The molecule has 2 aromatic rings. The van der Waals surface area contributed by atoms with E-state index in [1.807, 2.05) is 82.0 Å². The Kier molecular flexibility index (Phi) is 6.98. The first kappa shape index (κ1) is 22.8. The molecular weight excluding hydrogens is 390 g/mol. The van der Waals surface area contributed by atoms with Gasteiger partial charge in [-0.25, -0.2) is 9.78 Å². The predicted octanol–water partition coefficient (Wildman–Crippen LogP) is 5.60. The van der Waals surface area contributed by atoms with Crippen molar-refractivity contribution in [3.63, 3.8) is 0 Å². The fourth-order valence-electron chi connectivity index (χ4n) is 3.92. The highest BCUT2D eigenvalue weighted by atomic mass is 16.6. The number of hydrogen-bond donors (Lipinski definition) is 0. The Morgan fingerprint density at radius 1 is 1.19 bits per heavy atom. The van der Waals surface area contributed by atoms with Crippen LogP contribution in [-0.2, 0) is 4.74 Å². The number of anilines is 1. The molecule has 3 rings (SSSR count). The first-order valence-corrected chi connectivity index (χ1v) is 11.1. The second-order valence-corrected chi connectivity index (χ2v) is 9.05. The zero-order valence-electron chi connectivity index (χ0n) is 19.2. The molecule has 0 bridgehead atoms. The van der Waals surface area contributed by atoms with Crippen molar-refractivity contribution in [3.05, 3.63) is 59.8 Å². The Morgan fingerprint density at radius 2 is 1.90 bits per heavy atom. The lowest BCUT2D eigenvalue weighted by molar-refractivity contribution is 0.0565. The topological polar surface area (TPSA) is 62.7 Å². The molecule has 1 aromatic heterocycles. The second kappa shape index (κ2) is 9.50. The smallest absolute Gasteiger partial charge is 0.416 e. The molecule has 2 atom stereocenters. The molecule has 1 aliphatic rings. The van der Waals surface area contributed by atoms with Crippen LogP contribution in [0.25, 0.3) is 0 Å². The number of ether oxygens (including phenoxy) is 1. The molecule has 1 aromatic carbocycles. The number of carbonyl (C=O) groups is 2. The van der Waals surface area contributed by atoms with E-state index in [0.717, 1.165) is 24.8 Å². The van der Waals surface area contributed by atoms with E-state index in [2.05, 4.69) is 4.98 Å². The predicted molar refractivity (Wildman–Crippen MR) is 122 cm³/mol. The standard InChI is InChI=1S/C25H33N3O3/c1-6-18(2)28(24(30)31-25(3,4)5)22-20(14-10-16-26-22)21-15-11-17-27(21)23(29)19-12-8-7-9-13-19/h7-10,12-14,16,18,21H,6,11,15,17H2,1-5H3/t18-,21-/m0/s1. The van der Waals surface area contributed by atoms with Crippen molar-refractivity contribution >= 4 is 17.8 Å². The highest BCUT2D eigenvalue weighted by Gasteiger charge is 2.36. The van der Waals surface area contributed by atoms with Gasteiger partial charge in [0.05, 0.1) is 6.04 Å².